The van der Waals surface area contributed by atoms with E-state index < -0.39 is 6.10 Å². The first-order valence-corrected chi connectivity index (χ1v) is 7.77. The molecule has 104 valence electrons. The van der Waals surface area contributed by atoms with Crippen molar-refractivity contribution in [1.82, 2.24) is 9.38 Å². The zero-order valence-corrected chi connectivity index (χ0v) is 12.0. The largest absolute Gasteiger partial charge is 0.463 e. The van der Waals surface area contributed by atoms with Gasteiger partial charge in [-0.05, 0) is 24.5 Å². The molecule has 1 fully saturated rings. The fourth-order valence-corrected chi connectivity index (χ4v) is 3.36. The van der Waals surface area contributed by atoms with E-state index in [-0.39, 0.29) is 0 Å². The summed E-state index contributed by atoms with van der Waals surface area (Å²) in [5, 5.41) is 12.3. The molecule has 3 unspecified atom stereocenters. The van der Waals surface area contributed by atoms with Gasteiger partial charge in [-0.3, -0.25) is 4.40 Å². The lowest BCUT2D eigenvalue weighted by molar-refractivity contribution is 0.147. The second kappa shape index (κ2) is 4.46. The third-order valence-corrected chi connectivity index (χ3v) is 4.77. The molecule has 3 heterocycles. The van der Waals surface area contributed by atoms with Crippen LogP contribution in [0.1, 0.15) is 42.6 Å². The van der Waals surface area contributed by atoms with Gasteiger partial charge in [0.25, 0.3) is 0 Å². The number of aliphatic hydroxyl groups excluding tert-OH is 1. The van der Waals surface area contributed by atoms with Gasteiger partial charge in [0.05, 0.1) is 5.69 Å². The minimum atomic E-state index is -0.623. The molecule has 4 rings (SSSR count). The van der Waals surface area contributed by atoms with Crippen LogP contribution in [0.15, 0.2) is 34.3 Å². The highest BCUT2D eigenvalue weighted by Gasteiger charge is 2.36. The Morgan fingerprint density at radius 2 is 2.40 bits per heavy atom. The average molecular weight is 288 g/mol. The molecule has 0 aromatic carbocycles. The van der Waals surface area contributed by atoms with Gasteiger partial charge in [0.2, 0.25) is 0 Å². The first-order valence-electron chi connectivity index (χ1n) is 6.89. The quantitative estimate of drug-likeness (QED) is 0.800. The van der Waals surface area contributed by atoms with Crippen molar-refractivity contribution in [3.8, 4) is 0 Å². The van der Waals surface area contributed by atoms with Crippen molar-refractivity contribution in [3.63, 3.8) is 0 Å². The highest BCUT2D eigenvalue weighted by atomic mass is 32.1. The lowest BCUT2D eigenvalue weighted by Gasteiger charge is -2.05. The van der Waals surface area contributed by atoms with Crippen LogP contribution in [-0.4, -0.2) is 14.5 Å². The second-order valence-corrected chi connectivity index (χ2v) is 6.48. The molecular weight excluding hydrogens is 272 g/mol. The van der Waals surface area contributed by atoms with Gasteiger partial charge >= 0.3 is 0 Å². The van der Waals surface area contributed by atoms with Crippen LogP contribution in [-0.2, 0) is 6.42 Å². The number of aromatic nitrogens is 2. The number of hydrogen-bond donors (Lipinski definition) is 1. The van der Waals surface area contributed by atoms with Crippen molar-refractivity contribution in [2.45, 2.75) is 31.8 Å². The summed E-state index contributed by atoms with van der Waals surface area (Å²) >= 11 is 1.59. The van der Waals surface area contributed by atoms with Crippen LogP contribution >= 0.6 is 11.3 Å². The van der Waals surface area contributed by atoms with Crippen LogP contribution in [0.3, 0.4) is 0 Å². The lowest BCUT2D eigenvalue weighted by atomic mass is 10.1. The minimum Gasteiger partial charge on any atom is -0.463 e. The number of nitrogens with zero attached hydrogens (tertiary/aromatic N) is 2. The Labute approximate surface area is 120 Å². The monoisotopic (exact) mass is 288 g/mol. The van der Waals surface area contributed by atoms with Crippen molar-refractivity contribution >= 4 is 16.3 Å². The van der Waals surface area contributed by atoms with Gasteiger partial charge in [0, 0.05) is 30.1 Å². The summed E-state index contributed by atoms with van der Waals surface area (Å²) in [5.41, 5.74) is 0.891. The van der Waals surface area contributed by atoms with Crippen LogP contribution in [0.5, 0.6) is 0 Å². The Morgan fingerprint density at radius 1 is 1.55 bits per heavy atom. The maximum Gasteiger partial charge on any atom is 0.193 e. The van der Waals surface area contributed by atoms with Crippen molar-refractivity contribution in [3.05, 3.63) is 47.1 Å². The van der Waals surface area contributed by atoms with Crippen LogP contribution in [0.4, 0.5) is 0 Å². The molecule has 0 radical (unpaired) electrons. The number of aliphatic hydroxyl groups is 1. The normalized spacial score (nSPS) is 23.3. The zero-order chi connectivity index (χ0) is 13.7. The Balaban J connectivity index is 1.50. The van der Waals surface area contributed by atoms with Crippen molar-refractivity contribution < 1.29 is 9.52 Å². The van der Waals surface area contributed by atoms with E-state index in [4.69, 9.17) is 4.42 Å². The predicted octanol–water partition coefficient (Wildman–Crippen LogP) is 3.39. The van der Waals surface area contributed by atoms with Crippen LogP contribution in [0, 0.1) is 5.92 Å². The van der Waals surface area contributed by atoms with Gasteiger partial charge in [-0.2, -0.15) is 0 Å². The number of thiazole rings is 1. The van der Waals surface area contributed by atoms with E-state index in [1.165, 1.54) is 6.42 Å². The van der Waals surface area contributed by atoms with Crippen LogP contribution in [0.25, 0.3) is 4.96 Å². The topological polar surface area (TPSA) is 50.7 Å². The fraction of sp³-hybridized carbons (Fsp3) is 0.400. The smallest absolute Gasteiger partial charge is 0.193 e. The molecular formula is C15H16N2O2S. The standard InChI is InChI=1S/C15H16N2O2S/c1-9-6-11(9)13-2-3-14(19-13)12(18)7-10-8-17-4-5-20-15(17)16-10/h2-5,8-9,11-12,18H,6-7H2,1H3. The molecule has 0 bridgehead atoms. The van der Waals surface area contributed by atoms with Gasteiger partial charge in [-0.15, -0.1) is 11.3 Å². The highest BCUT2D eigenvalue weighted by molar-refractivity contribution is 7.15. The number of rotatable bonds is 4. The Hall–Kier alpha value is -1.59. The van der Waals surface area contributed by atoms with Gasteiger partial charge < -0.3 is 9.52 Å². The Bertz CT molecular complexity index is 713. The number of fused-ring (bicyclic) bond motifs is 1. The van der Waals surface area contributed by atoms with E-state index in [0.29, 0.717) is 24.0 Å². The molecule has 1 aliphatic rings. The van der Waals surface area contributed by atoms with Gasteiger partial charge in [-0.1, -0.05) is 6.92 Å². The third kappa shape index (κ3) is 2.07. The van der Waals surface area contributed by atoms with Crippen LogP contribution in [0.2, 0.25) is 0 Å². The molecule has 1 saturated carbocycles. The summed E-state index contributed by atoms with van der Waals surface area (Å²) in [7, 11) is 0. The SMILES string of the molecule is CC1CC1c1ccc(C(O)Cc2cn3ccsc3n2)o1. The molecule has 0 spiro atoms. The molecule has 20 heavy (non-hydrogen) atoms. The molecule has 1 aliphatic carbocycles. The molecule has 1 N–H and O–H groups in total. The van der Waals surface area contributed by atoms with E-state index in [1.54, 1.807) is 11.3 Å². The fourth-order valence-electron chi connectivity index (χ4n) is 2.64. The molecule has 3 aromatic heterocycles. The number of furan rings is 1. The molecule has 4 nitrogen and oxygen atoms in total. The van der Waals surface area contributed by atoms with E-state index in [1.807, 2.05) is 34.3 Å². The molecule has 0 saturated heterocycles. The van der Waals surface area contributed by atoms with E-state index in [2.05, 4.69) is 11.9 Å². The minimum absolute atomic E-state index is 0.488. The van der Waals surface area contributed by atoms with Crippen LogP contribution < -0.4 is 0 Å². The van der Waals surface area contributed by atoms with E-state index in [0.717, 1.165) is 16.4 Å². The summed E-state index contributed by atoms with van der Waals surface area (Å²) in [6, 6.07) is 3.89. The molecule has 5 heteroatoms. The second-order valence-electron chi connectivity index (χ2n) is 5.60. The summed E-state index contributed by atoms with van der Waals surface area (Å²) in [5.74, 6) is 2.92. The molecule has 0 aliphatic heterocycles. The van der Waals surface area contributed by atoms with Crippen molar-refractivity contribution in [2.75, 3.05) is 0 Å². The summed E-state index contributed by atoms with van der Waals surface area (Å²) in [4.78, 5) is 5.44. The first kappa shape index (κ1) is 12.2. The molecule has 3 atom stereocenters. The highest BCUT2D eigenvalue weighted by Crippen LogP contribution is 2.47. The van der Waals surface area contributed by atoms with E-state index in [9.17, 15) is 5.11 Å². The summed E-state index contributed by atoms with van der Waals surface area (Å²) in [6.07, 6.45) is 4.99. The lowest BCUT2D eigenvalue weighted by Crippen LogP contribution is -2.00. The molecule has 0 amide bonds. The van der Waals surface area contributed by atoms with Crippen molar-refractivity contribution in [2.24, 2.45) is 5.92 Å². The molecule has 3 aromatic rings. The number of hydrogen-bond acceptors (Lipinski definition) is 4. The first-order chi connectivity index (χ1) is 9.70. The third-order valence-electron chi connectivity index (χ3n) is 4.00. The maximum absolute atomic E-state index is 10.3. The summed E-state index contributed by atoms with van der Waals surface area (Å²) < 4.78 is 7.76. The Morgan fingerprint density at radius 3 is 3.15 bits per heavy atom. The van der Waals surface area contributed by atoms with Gasteiger partial charge in [0.1, 0.15) is 17.6 Å². The number of imidazole rings is 1. The van der Waals surface area contributed by atoms with Gasteiger partial charge in [0.15, 0.2) is 4.96 Å². The Kier molecular flexibility index (Phi) is 2.72. The average Bonchev–Trinajstić information content (AvgIpc) is 2.86. The zero-order valence-electron chi connectivity index (χ0n) is 11.2. The predicted molar refractivity (Wildman–Crippen MR) is 77.0 cm³/mol. The maximum atomic E-state index is 10.3. The summed E-state index contributed by atoms with van der Waals surface area (Å²) in [6.45, 7) is 2.22. The van der Waals surface area contributed by atoms with Crippen molar-refractivity contribution in [1.29, 1.82) is 0 Å². The van der Waals surface area contributed by atoms with Gasteiger partial charge in [-0.25, -0.2) is 4.98 Å². The van der Waals surface area contributed by atoms with E-state index >= 15 is 0 Å².